The van der Waals surface area contributed by atoms with Gasteiger partial charge in [0.25, 0.3) is 0 Å². The highest BCUT2D eigenvalue weighted by molar-refractivity contribution is 9.09. The molecule has 0 aromatic heterocycles. The minimum absolute atomic E-state index is 0.0760. The lowest BCUT2D eigenvalue weighted by Crippen LogP contribution is -2.50. The molecule has 1 saturated heterocycles. The summed E-state index contributed by atoms with van der Waals surface area (Å²) in [6.07, 6.45) is 0. The molecule has 1 heterocycles. The van der Waals surface area contributed by atoms with Crippen LogP contribution in [0, 0.1) is 5.82 Å². The lowest BCUT2D eigenvalue weighted by Gasteiger charge is -2.33. The summed E-state index contributed by atoms with van der Waals surface area (Å²) in [4.78, 5) is 12.8. The fourth-order valence-electron chi connectivity index (χ4n) is 2.06. The number of hydrogen-bond acceptors (Lipinski definition) is 3. The van der Waals surface area contributed by atoms with Gasteiger partial charge in [-0.2, -0.15) is 4.31 Å². The number of amides is 1. The Morgan fingerprint density at radius 3 is 2.35 bits per heavy atom. The molecule has 110 valence electrons. The van der Waals surface area contributed by atoms with Crippen LogP contribution < -0.4 is 0 Å². The molecule has 2 rings (SSSR count). The number of carbonyl (C=O) groups excluding carboxylic acids is 1. The standard InChI is InChI=1S/C12H14BrFN2O3S/c13-9-12(17)15-5-7-16(8-6-15)20(18,19)11-4-2-1-3-10(11)14/h1-4H,5-9H2. The Kier molecular flexibility index (Phi) is 4.77. The molecular formula is C12H14BrFN2O3S. The Hall–Kier alpha value is -0.990. The number of hydrogen-bond donors (Lipinski definition) is 0. The van der Waals surface area contributed by atoms with Crippen molar-refractivity contribution in [3.8, 4) is 0 Å². The van der Waals surface area contributed by atoms with Crippen molar-refractivity contribution in [1.82, 2.24) is 9.21 Å². The summed E-state index contributed by atoms with van der Waals surface area (Å²) in [5, 5.41) is 0.215. The lowest BCUT2D eigenvalue weighted by atomic mass is 10.3. The normalized spacial score (nSPS) is 17.2. The number of alkyl halides is 1. The smallest absolute Gasteiger partial charge is 0.246 e. The number of piperazine rings is 1. The highest BCUT2D eigenvalue weighted by Crippen LogP contribution is 2.20. The fraction of sp³-hybridized carbons (Fsp3) is 0.417. The van der Waals surface area contributed by atoms with E-state index in [0.717, 1.165) is 6.07 Å². The maximum Gasteiger partial charge on any atom is 0.246 e. The molecular weight excluding hydrogens is 351 g/mol. The van der Waals surface area contributed by atoms with E-state index in [1.807, 2.05) is 0 Å². The minimum atomic E-state index is -3.84. The van der Waals surface area contributed by atoms with Crippen molar-refractivity contribution in [3.05, 3.63) is 30.1 Å². The first kappa shape index (κ1) is 15.4. The Balaban J connectivity index is 2.14. The predicted molar refractivity (Wildman–Crippen MR) is 75.5 cm³/mol. The van der Waals surface area contributed by atoms with Crippen LogP contribution >= 0.6 is 15.9 Å². The maximum atomic E-state index is 13.6. The minimum Gasteiger partial charge on any atom is -0.339 e. The molecule has 1 fully saturated rings. The van der Waals surface area contributed by atoms with Crippen molar-refractivity contribution < 1.29 is 17.6 Å². The van der Waals surface area contributed by atoms with Gasteiger partial charge in [0.15, 0.2) is 0 Å². The predicted octanol–water partition coefficient (Wildman–Crippen LogP) is 1.05. The number of halogens is 2. The molecule has 0 spiro atoms. The van der Waals surface area contributed by atoms with Crippen LogP contribution in [0.2, 0.25) is 0 Å². The van der Waals surface area contributed by atoms with E-state index in [0.29, 0.717) is 13.1 Å². The Morgan fingerprint density at radius 2 is 1.80 bits per heavy atom. The zero-order chi connectivity index (χ0) is 14.8. The zero-order valence-electron chi connectivity index (χ0n) is 10.6. The highest BCUT2D eigenvalue weighted by atomic mass is 79.9. The van der Waals surface area contributed by atoms with Gasteiger partial charge in [-0.15, -0.1) is 0 Å². The lowest BCUT2D eigenvalue weighted by molar-refractivity contribution is -0.129. The molecule has 0 atom stereocenters. The Morgan fingerprint density at radius 1 is 1.20 bits per heavy atom. The van der Waals surface area contributed by atoms with Gasteiger partial charge in [0.05, 0.1) is 5.33 Å². The average Bonchev–Trinajstić information content (AvgIpc) is 2.47. The van der Waals surface area contributed by atoms with Gasteiger partial charge in [-0.3, -0.25) is 4.79 Å². The van der Waals surface area contributed by atoms with E-state index in [4.69, 9.17) is 0 Å². The Bertz CT molecular complexity index is 600. The molecule has 0 unspecified atom stereocenters. The number of benzene rings is 1. The quantitative estimate of drug-likeness (QED) is 0.753. The molecule has 1 aliphatic heterocycles. The molecule has 0 saturated carbocycles. The summed E-state index contributed by atoms with van der Waals surface area (Å²) >= 11 is 3.08. The van der Waals surface area contributed by atoms with E-state index in [-0.39, 0.29) is 29.2 Å². The van der Waals surface area contributed by atoms with Crippen molar-refractivity contribution in [2.45, 2.75) is 4.90 Å². The van der Waals surface area contributed by atoms with E-state index < -0.39 is 15.8 Å². The van der Waals surface area contributed by atoms with Crippen molar-refractivity contribution in [1.29, 1.82) is 0 Å². The van der Waals surface area contributed by atoms with Gasteiger partial charge in [-0.25, -0.2) is 12.8 Å². The van der Waals surface area contributed by atoms with E-state index in [9.17, 15) is 17.6 Å². The first-order chi connectivity index (χ1) is 9.46. The molecule has 5 nitrogen and oxygen atoms in total. The van der Waals surface area contributed by atoms with Crippen molar-refractivity contribution >= 4 is 31.9 Å². The third kappa shape index (κ3) is 3.02. The fourth-order valence-corrected chi connectivity index (χ4v) is 3.90. The molecule has 0 N–H and O–H groups in total. The second-order valence-electron chi connectivity index (χ2n) is 4.35. The average molecular weight is 365 g/mol. The van der Waals surface area contributed by atoms with Gasteiger partial charge in [0, 0.05) is 26.2 Å². The van der Waals surface area contributed by atoms with Crippen LogP contribution in [0.15, 0.2) is 29.2 Å². The van der Waals surface area contributed by atoms with Crippen LogP contribution in [-0.2, 0) is 14.8 Å². The van der Waals surface area contributed by atoms with Crippen LogP contribution in [0.4, 0.5) is 4.39 Å². The summed E-state index contributed by atoms with van der Waals surface area (Å²) in [5.74, 6) is -0.834. The second kappa shape index (κ2) is 6.19. The van der Waals surface area contributed by atoms with Crippen LogP contribution in [0.25, 0.3) is 0 Å². The number of nitrogens with zero attached hydrogens (tertiary/aromatic N) is 2. The monoisotopic (exact) mass is 364 g/mol. The maximum absolute atomic E-state index is 13.6. The summed E-state index contributed by atoms with van der Waals surface area (Å²) in [6, 6.07) is 5.31. The number of rotatable bonds is 3. The molecule has 1 amide bonds. The van der Waals surface area contributed by atoms with E-state index in [1.165, 1.54) is 22.5 Å². The number of carbonyl (C=O) groups is 1. The van der Waals surface area contributed by atoms with E-state index >= 15 is 0 Å². The molecule has 1 aliphatic rings. The van der Waals surface area contributed by atoms with E-state index in [2.05, 4.69) is 15.9 Å². The zero-order valence-corrected chi connectivity index (χ0v) is 13.0. The van der Waals surface area contributed by atoms with Crippen molar-refractivity contribution in [2.75, 3.05) is 31.5 Å². The summed E-state index contributed by atoms with van der Waals surface area (Å²) < 4.78 is 39.5. The van der Waals surface area contributed by atoms with Crippen LogP contribution in [0.1, 0.15) is 0 Å². The van der Waals surface area contributed by atoms with Gasteiger partial charge in [0.2, 0.25) is 15.9 Å². The van der Waals surface area contributed by atoms with Crippen molar-refractivity contribution in [3.63, 3.8) is 0 Å². The summed E-state index contributed by atoms with van der Waals surface area (Å²) in [7, 11) is -3.84. The largest absolute Gasteiger partial charge is 0.339 e. The third-order valence-electron chi connectivity index (χ3n) is 3.16. The van der Waals surface area contributed by atoms with Crippen LogP contribution in [0.5, 0.6) is 0 Å². The van der Waals surface area contributed by atoms with Gasteiger partial charge < -0.3 is 4.90 Å². The van der Waals surface area contributed by atoms with Crippen LogP contribution in [0.3, 0.4) is 0 Å². The summed E-state index contributed by atoms with van der Waals surface area (Å²) in [6.45, 7) is 0.987. The molecule has 1 aromatic carbocycles. The highest BCUT2D eigenvalue weighted by Gasteiger charge is 2.31. The van der Waals surface area contributed by atoms with Crippen LogP contribution in [-0.4, -0.2) is 55.0 Å². The van der Waals surface area contributed by atoms with Crippen molar-refractivity contribution in [2.24, 2.45) is 0 Å². The molecule has 20 heavy (non-hydrogen) atoms. The topological polar surface area (TPSA) is 57.7 Å². The number of sulfonamides is 1. The molecule has 0 bridgehead atoms. The first-order valence-electron chi connectivity index (χ1n) is 6.05. The van der Waals surface area contributed by atoms with E-state index in [1.54, 1.807) is 4.90 Å². The molecule has 0 aliphatic carbocycles. The summed E-state index contributed by atoms with van der Waals surface area (Å²) in [5.41, 5.74) is 0. The molecule has 8 heteroatoms. The van der Waals surface area contributed by atoms with Gasteiger partial charge >= 0.3 is 0 Å². The van der Waals surface area contributed by atoms with Gasteiger partial charge in [-0.1, -0.05) is 28.1 Å². The first-order valence-corrected chi connectivity index (χ1v) is 8.61. The SMILES string of the molecule is O=C(CBr)N1CCN(S(=O)(=O)c2ccccc2F)CC1. The molecule has 1 aromatic rings. The van der Waals surface area contributed by atoms with Gasteiger partial charge in [-0.05, 0) is 12.1 Å². The third-order valence-corrected chi connectivity index (χ3v) is 5.57. The second-order valence-corrected chi connectivity index (χ2v) is 6.82. The Labute approximate surface area is 125 Å². The molecule has 0 radical (unpaired) electrons. The van der Waals surface area contributed by atoms with Gasteiger partial charge in [0.1, 0.15) is 10.7 Å².